The van der Waals surface area contributed by atoms with E-state index in [0.717, 1.165) is 36.5 Å². The SMILES string of the molecule is CN(C)c1ccc(/C=N\N=C2\CCCc3c2[nH]c2ccc(C4CCCCC4)cc32)cc1. The Balaban J connectivity index is 1.41. The van der Waals surface area contributed by atoms with Gasteiger partial charge >= 0.3 is 0 Å². The maximum atomic E-state index is 4.63. The van der Waals surface area contributed by atoms with Crippen molar-refractivity contribution in [3.63, 3.8) is 0 Å². The Labute approximate surface area is 185 Å². The molecule has 4 heteroatoms. The van der Waals surface area contributed by atoms with Gasteiger partial charge in [0.15, 0.2) is 0 Å². The summed E-state index contributed by atoms with van der Waals surface area (Å²) in [7, 11) is 4.10. The van der Waals surface area contributed by atoms with Gasteiger partial charge in [0, 0.05) is 30.7 Å². The number of anilines is 1. The van der Waals surface area contributed by atoms with Crippen molar-refractivity contribution >= 4 is 28.5 Å². The number of benzene rings is 2. The monoisotopic (exact) mass is 412 g/mol. The van der Waals surface area contributed by atoms with Crippen LogP contribution < -0.4 is 4.90 Å². The summed E-state index contributed by atoms with van der Waals surface area (Å²) in [5.74, 6) is 0.740. The van der Waals surface area contributed by atoms with E-state index in [1.54, 1.807) is 0 Å². The molecule has 1 saturated carbocycles. The molecule has 1 fully saturated rings. The molecule has 0 saturated heterocycles. The van der Waals surface area contributed by atoms with Gasteiger partial charge in [0.1, 0.15) is 0 Å². The van der Waals surface area contributed by atoms with E-state index in [1.807, 2.05) is 20.3 Å². The molecule has 1 aromatic heterocycles. The molecule has 1 N–H and O–H groups in total. The zero-order chi connectivity index (χ0) is 21.2. The third-order valence-electron chi connectivity index (χ3n) is 6.93. The molecule has 160 valence electrons. The van der Waals surface area contributed by atoms with Crippen LogP contribution in [-0.2, 0) is 6.42 Å². The summed E-state index contributed by atoms with van der Waals surface area (Å²) in [6.07, 6.45) is 11.9. The van der Waals surface area contributed by atoms with Gasteiger partial charge in [-0.2, -0.15) is 10.2 Å². The Kier molecular flexibility index (Phi) is 5.63. The van der Waals surface area contributed by atoms with E-state index in [4.69, 9.17) is 0 Å². The number of nitrogens with zero attached hydrogens (tertiary/aromatic N) is 3. The average Bonchev–Trinajstić information content (AvgIpc) is 3.19. The van der Waals surface area contributed by atoms with Gasteiger partial charge in [-0.05, 0) is 79.0 Å². The van der Waals surface area contributed by atoms with Crippen molar-refractivity contribution in [1.82, 2.24) is 4.98 Å². The second-order valence-electron chi connectivity index (χ2n) is 9.25. The summed E-state index contributed by atoms with van der Waals surface area (Å²) >= 11 is 0. The highest BCUT2D eigenvalue weighted by atomic mass is 15.2. The van der Waals surface area contributed by atoms with Gasteiger partial charge < -0.3 is 9.88 Å². The summed E-state index contributed by atoms with van der Waals surface area (Å²) in [6, 6.07) is 15.5. The number of rotatable bonds is 4. The second-order valence-corrected chi connectivity index (χ2v) is 9.25. The fourth-order valence-electron chi connectivity index (χ4n) is 5.14. The van der Waals surface area contributed by atoms with Crippen LogP contribution in [0.15, 0.2) is 52.7 Å². The smallest absolute Gasteiger partial charge is 0.0867 e. The van der Waals surface area contributed by atoms with Gasteiger partial charge in [-0.1, -0.05) is 37.5 Å². The summed E-state index contributed by atoms with van der Waals surface area (Å²) in [5.41, 5.74) is 8.73. The Bertz CT molecular complexity index is 1110. The quantitative estimate of drug-likeness (QED) is 0.389. The Morgan fingerprint density at radius 3 is 2.52 bits per heavy atom. The van der Waals surface area contributed by atoms with Crippen LogP contribution in [0.5, 0.6) is 0 Å². The van der Waals surface area contributed by atoms with Crippen molar-refractivity contribution < 1.29 is 0 Å². The van der Waals surface area contributed by atoms with Crippen LogP contribution in [0.25, 0.3) is 10.9 Å². The van der Waals surface area contributed by atoms with Crippen molar-refractivity contribution in [2.24, 2.45) is 10.2 Å². The minimum atomic E-state index is 0.740. The molecule has 0 aliphatic heterocycles. The molecule has 2 aliphatic rings. The Morgan fingerprint density at radius 1 is 0.935 bits per heavy atom. The van der Waals surface area contributed by atoms with Crippen LogP contribution in [0.1, 0.15) is 73.2 Å². The van der Waals surface area contributed by atoms with E-state index in [1.165, 1.54) is 65.5 Å². The van der Waals surface area contributed by atoms with Gasteiger partial charge in [0.05, 0.1) is 17.6 Å². The molecule has 0 atom stereocenters. The fraction of sp³-hybridized carbons (Fsp3) is 0.407. The summed E-state index contributed by atoms with van der Waals surface area (Å²) < 4.78 is 0. The zero-order valence-corrected chi connectivity index (χ0v) is 18.7. The molecule has 1 heterocycles. The van der Waals surface area contributed by atoms with Gasteiger partial charge in [0.25, 0.3) is 0 Å². The number of hydrogen-bond donors (Lipinski definition) is 1. The van der Waals surface area contributed by atoms with Gasteiger partial charge in [-0.15, -0.1) is 0 Å². The first-order valence-electron chi connectivity index (χ1n) is 11.7. The normalized spacial score (nSPS) is 18.7. The van der Waals surface area contributed by atoms with Crippen LogP contribution in [0.2, 0.25) is 0 Å². The number of aromatic amines is 1. The molecular formula is C27H32N4. The van der Waals surface area contributed by atoms with Crippen LogP contribution in [0.3, 0.4) is 0 Å². The average molecular weight is 413 g/mol. The highest BCUT2D eigenvalue weighted by Crippen LogP contribution is 2.36. The predicted octanol–water partition coefficient (Wildman–Crippen LogP) is 6.44. The number of aromatic nitrogens is 1. The number of hydrogen-bond acceptors (Lipinski definition) is 3. The highest BCUT2D eigenvalue weighted by molar-refractivity contribution is 6.06. The van der Waals surface area contributed by atoms with Crippen molar-refractivity contribution in [2.75, 3.05) is 19.0 Å². The summed E-state index contributed by atoms with van der Waals surface area (Å²) in [4.78, 5) is 5.75. The van der Waals surface area contributed by atoms with Crippen LogP contribution >= 0.6 is 0 Å². The van der Waals surface area contributed by atoms with E-state index in [2.05, 4.69) is 62.6 Å². The standard InChI is InChI=1S/C27H32N4/c1-31(2)22-14-11-19(12-15-22)18-28-30-26-10-6-9-23-24-17-21(20-7-4-3-5-8-20)13-16-25(24)29-27(23)26/h11-18,20,29H,3-10H2,1-2H3/b28-18-,30-26-. The zero-order valence-electron chi connectivity index (χ0n) is 18.7. The van der Waals surface area contributed by atoms with Crippen LogP contribution in [-0.4, -0.2) is 31.0 Å². The molecule has 0 spiro atoms. The summed E-state index contributed by atoms with van der Waals surface area (Å²) in [6.45, 7) is 0. The first-order chi connectivity index (χ1) is 15.2. The number of nitrogens with one attached hydrogen (secondary N) is 1. The van der Waals surface area contributed by atoms with Crippen molar-refractivity contribution in [2.45, 2.75) is 57.3 Å². The molecule has 0 amide bonds. The van der Waals surface area contributed by atoms with Gasteiger partial charge in [-0.25, -0.2) is 0 Å². The Morgan fingerprint density at radius 2 is 1.74 bits per heavy atom. The van der Waals surface area contributed by atoms with Gasteiger partial charge in [0.2, 0.25) is 0 Å². The molecule has 5 rings (SSSR count). The third-order valence-corrected chi connectivity index (χ3v) is 6.93. The minimum Gasteiger partial charge on any atom is -0.378 e. The Hall–Kier alpha value is -2.88. The van der Waals surface area contributed by atoms with Crippen LogP contribution in [0, 0.1) is 0 Å². The van der Waals surface area contributed by atoms with Crippen LogP contribution in [0.4, 0.5) is 5.69 Å². The van der Waals surface area contributed by atoms with E-state index < -0.39 is 0 Å². The van der Waals surface area contributed by atoms with E-state index in [0.29, 0.717) is 0 Å². The first-order valence-corrected chi connectivity index (χ1v) is 11.7. The number of aryl methyl sites for hydroxylation is 1. The van der Waals surface area contributed by atoms with E-state index >= 15 is 0 Å². The second kappa shape index (κ2) is 8.70. The van der Waals surface area contributed by atoms with E-state index in [-0.39, 0.29) is 0 Å². The molecule has 4 nitrogen and oxygen atoms in total. The lowest BCUT2D eigenvalue weighted by Gasteiger charge is -2.22. The molecule has 0 unspecified atom stereocenters. The van der Waals surface area contributed by atoms with E-state index in [9.17, 15) is 0 Å². The number of fused-ring (bicyclic) bond motifs is 3. The topological polar surface area (TPSA) is 43.8 Å². The largest absolute Gasteiger partial charge is 0.378 e. The molecule has 0 radical (unpaired) electrons. The summed E-state index contributed by atoms with van der Waals surface area (Å²) in [5, 5.41) is 10.5. The van der Waals surface area contributed by atoms with Gasteiger partial charge in [-0.3, -0.25) is 0 Å². The molecule has 0 bridgehead atoms. The van der Waals surface area contributed by atoms with Crippen molar-refractivity contribution in [1.29, 1.82) is 0 Å². The maximum Gasteiger partial charge on any atom is 0.0867 e. The fourth-order valence-corrected chi connectivity index (χ4v) is 5.14. The molecule has 31 heavy (non-hydrogen) atoms. The lowest BCUT2D eigenvalue weighted by molar-refractivity contribution is 0.444. The van der Waals surface area contributed by atoms with Crippen molar-refractivity contribution in [3.8, 4) is 0 Å². The lowest BCUT2D eigenvalue weighted by Crippen LogP contribution is -2.11. The highest BCUT2D eigenvalue weighted by Gasteiger charge is 2.22. The third kappa shape index (κ3) is 4.16. The maximum absolute atomic E-state index is 4.63. The lowest BCUT2D eigenvalue weighted by atomic mass is 9.83. The minimum absolute atomic E-state index is 0.740. The molecule has 3 aromatic rings. The molecular weight excluding hydrogens is 380 g/mol. The predicted molar refractivity (Wildman–Crippen MR) is 132 cm³/mol. The van der Waals surface area contributed by atoms with Crippen molar-refractivity contribution in [3.05, 3.63) is 64.8 Å². The molecule has 2 aromatic carbocycles. The number of H-pyrrole nitrogens is 1. The molecule has 2 aliphatic carbocycles. The first kappa shape index (κ1) is 20.0.